The van der Waals surface area contributed by atoms with Crippen LogP contribution in [0.15, 0.2) is 47.5 Å². The second-order valence-corrected chi connectivity index (χ2v) is 9.49. The van der Waals surface area contributed by atoms with Crippen molar-refractivity contribution in [3.8, 4) is 11.4 Å². The Hall–Kier alpha value is -3.12. The Kier molecular flexibility index (Phi) is 6.94. The summed E-state index contributed by atoms with van der Waals surface area (Å²) in [7, 11) is -3.15. The molecule has 1 N–H and O–H groups in total. The van der Waals surface area contributed by atoms with Crippen molar-refractivity contribution in [3.05, 3.63) is 70.5 Å². The molecule has 1 heterocycles. The number of nitrogens with zero attached hydrogens (tertiary/aromatic N) is 2. The normalized spacial score (nSPS) is 12.1. The smallest absolute Gasteiger partial charge is 0.416 e. The third-order valence-electron chi connectivity index (χ3n) is 4.63. The van der Waals surface area contributed by atoms with Gasteiger partial charge in [0.25, 0.3) is 15.9 Å². The number of nitrogens with one attached hydrogen (secondary N) is 1. The van der Waals surface area contributed by atoms with Crippen molar-refractivity contribution in [2.45, 2.75) is 30.8 Å². The van der Waals surface area contributed by atoms with Crippen molar-refractivity contribution in [3.63, 3.8) is 0 Å². The molecular weight excluding hydrogens is 502 g/mol. The van der Waals surface area contributed by atoms with Gasteiger partial charge in [-0.2, -0.15) is 13.2 Å². The van der Waals surface area contributed by atoms with Gasteiger partial charge in [0.15, 0.2) is 0 Å². The predicted molar refractivity (Wildman–Crippen MR) is 115 cm³/mol. The number of alkyl halides is 3. The van der Waals surface area contributed by atoms with Crippen molar-refractivity contribution in [2.75, 3.05) is 7.11 Å². The van der Waals surface area contributed by atoms with Crippen LogP contribution in [0.5, 0.6) is 5.75 Å². The average Bonchev–Trinajstić information content (AvgIpc) is 3.19. The molecule has 1 aromatic heterocycles. The highest BCUT2D eigenvalue weighted by molar-refractivity contribution is 7.90. The topological polar surface area (TPSA) is 90.3 Å². The molecule has 0 spiro atoms. The standard InChI is InChI=1S/C21H18ClF4N3O4S/c1-11(2)19-27-17(10-29(19)14-7-12(21(24,25)26)6-13(23)8-14)20(30)28-34(31,32)18-9-15(33-3)4-5-16(18)22/h4-11H,1-3H3,(H,28,30). The van der Waals surface area contributed by atoms with Crippen LogP contribution in [-0.2, 0) is 16.2 Å². The van der Waals surface area contributed by atoms with Crippen LogP contribution in [0.2, 0.25) is 5.02 Å². The first-order valence-electron chi connectivity index (χ1n) is 9.61. The van der Waals surface area contributed by atoms with Gasteiger partial charge in [0.05, 0.1) is 23.4 Å². The number of carbonyl (C=O) groups excluding carboxylic acids is 1. The van der Waals surface area contributed by atoms with Gasteiger partial charge in [-0.15, -0.1) is 0 Å². The number of amides is 1. The van der Waals surface area contributed by atoms with E-state index in [4.69, 9.17) is 16.3 Å². The number of rotatable bonds is 6. The van der Waals surface area contributed by atoms with E-state index in [1.165, 1.54) is 19.2 Å². The second kappa shape index (κ2) is 9.26. The van der Waals surface area contributed by atoms with E-state index in [9.17, 15) is 30.8 Å². The van der Waals surface area contributed by atoms with Gasteiger partial charge in [0.1, 0.15) is 28.0 Å². The first-order chi connectivity index (χ1) is 15.7. The first-order valence-corrected chi connectivity index (χ1v) is 11.5. The summed E-state index contributed by atoms with van der Waals surface area (Å²) in [5.41, 5.74) is -1.88. The monoisotopic (exact) mass is 519 g/mol. The fourth-order valence-electron chi connectivity index (χ4n) is 3.04. The molecule has 0 fully saturated rings. The molecule has 13 heteroatoms. The van der Waals surface area contributed by atoms with Crippen LogP contribution in [0.3, 0.4) is 0 Å². The first kappa shape index (κ1) is 25.5. The van der Waals surface area contributed by atoms with Crippen molar-refractivity contribution in [2.24, 2.45) is 0 Å². The lowest BCUT2D eigenvalue weighted by atomic mass is 10.1. The maximum atomic E-state index is 13.9. The van der Waals surface area contributed by atoms with Crippen molar-refractivity contribution < 1.29 is 35.5 Å². The van der Waals surface area contributed by atoms with E-state index in [2.05, 4.69) is 4.98 Å². The van der Waals surface area contributed by atoms with Crippen LogP contribution in [0, 0.1) is 5.82 Å². The van der Waals surface area contributed by atoms with Crippen molar-refractivity contribution >= 4 is 27.5 Å². The van der Waals surface area contributed by atoms with Gasteiger partial charge in [-0.25, -0.2) is 22.5 Å². The Labute approximate surface area is 197 Å². The van der Waals surface area contributed by atoms with Gasteiger partial charge < -0.3 is 9.30 Å². The molecule has 0 unspecified atom stereocenters. The van der Waals surface area contributed by atoms with E-state index in [1.54, 1.807) is 13.8 Å². The minimum atomic E-state index is -4.81. The summed E-state index contributed by atoms with van der Waals surface area (Å²) < 4.78 is 86.7. The zero-order valence-corrected chi connectivity index (χ0v) is 19.5. The molecule has 0 aliphatic rings. The predicted octanol–water partition coefficient (Wildman–Crippen LogP) is 4.93. The van der Waals surface area contributed by atoms with E-state index in [1.807, 2.05) is 4.72 Å². The van der Waals surface area contributed by atoms with Gasteiger partial charge in [-0.1, -0.05) is 25.4 Å². The van der Waals surface area contributed by atoms with Gasteiger partial charge in [-0.05, 0) is 30.3 Å². The summed E-state index contributed by atoms with van der Waals surface area (Å²) in [6.07, 6.45) is -3.78. The van der Waals surface area contributed by atoms with Gasteiger partial charge in [0, 0.05) is 18.2 Å². The molecule has 2 aromatic carbocycles. The van der Waals surface area contributed by atoms with Crippen LogP contribution >= 0.6 is 11.6 Å². The number of benzene rings is 2. The van der Waals surface area contributed by atoms with Crippen molar-refractivity contribution in [1.82, 2.24) is 14.3 Å². The number of hydrogen-bond donors (Lipinski definition) is 1. The van der Waals surface area contributed by atoms with Crippen LogP contribution in [0.25, 0.3) is 5.69 Å². The van der Waals surface area contributed by atoms with E-state index in [0.717, 1.165) is 22.9 Å². The number of halogens is 5. The van der Waals surface area contributed by atoms with Gasteiger partial charge >= 0.3 is 6.18 Å². The van der Waals surface area contributed by atoms with E-state index >= 15 is 0 Å². The summed E-state index contributed by atoms with van der Waals surface area (Å²) in [4.78, 5) is 16.4. The maximum Gasteiger partial charge on any atom is 0.416 e. The highest BCUT2D eigenvalue weighted by Crippen LogP contribution is 2.32. The third kappa shape index (κ3) is 5.33. The molecule has 0 radical (unpaired) electrons. The third-order valence-corrected chi connectivity index (χ3v) is 6.44. The molecule has 34 heavy (non-hydrogen) atoms. The number of methoxy groups -OCH3 is 1. The Morgan fingerprint density at radius 1 is 1.18 bits per heavy atom. The Morgan fingerprint density at radius 3 is 2.44 bits per heavy atom. The summed E-state index contributed by atoms with van der Waals surface area (Å²) in [6, 6.07) is 5.69. The number of carbonyl (C=O) groups is 1. The minimum Gasteiger partial charge on any atom is -0.497 e. The van der Waals surface area contributed by atoms with Crippen LogP contribution in [0.1, 0.15) is 41.6 Å². The van der Waals surface area contributed by atoms with Gasteiger partial charge in [-0.3, -0.25) is 4.79 Å². The minimum absolute atomic E-state index is 0.112. The molecule has 0 aliphatic heterocycles. The Balaban J connectivity index is 2.02. The highest BCUT2D eigenvalue weighted by atomic mass is 35.5. The number of imidazole rings is 1. The fourth-order valence-corrected chi connectivity index (χ4v) is 4.52. The number of ether oxygens (including phenoxy) is 1. The molecule has 0 saturated carbocycles. The summed E-state index contributed by atoms with van der Waals surface area (Å²) in [5.74, 6) is -2.43. The van der Waals surface area contributed by atoms with Crippen LogP contribution < -0.4 is 9.46 Å². The Bertz CT molecular complexity index is 1350. The molecule has 7 nitrogen and oxygen atoms in total. The fraction of sp³-hybridized carbons (Fsp3) is 0.238. The zero-order chi connectivity index (χ0) is 25.4. The molecule has 182 valence electrons. The number of aromatic nitrogens is 2. The van der Waals surface area contributed by atoms with Crippen molar-refractivity contribution in [1.29, 1.82) is 0 Å². The lowest BCUT2D eigenvalue weighted by Crippen LogP contribution is -2.31. The summed E-state index contributed by atoms with van der Waals surface area (Å²) in [6.45, 7) is 3.30. The second-order valence-electron chi connectivity index (χ2n) is 7.44. The highest BCUT2D eigenvalue weighted by Gasteiger charge is 2.32. The molecule has 0 atom stereocenters. The van der Waals surface area contributed by atoms with E-state index < -0.39 is 50.0 Å². The van der Waals surface area contributed by atoms with E-state index in [-0.39, 0.29) is 22.3 Å². The van der Waals surface area contributed by atoms with E-state index in [0.29, 0.717) is 12.1 Å². The maximum absolute atomic E-state index is 13.9. The quantitative estimate of drug-likeness (QED) is 0.466. The lowest BCUT2D eigenvalue weighted by molar-refractivity contribution is -0.137. The summed E-state index contributed by atoms with van der Waals surface area (Å²) >= 11 is 5.95. The lowest BCUT2D eigenvalue weighted by Gasteiger charge is -2.13. The molecule has 0 bridgehead atoms. The summed E-state index contributed by atoms with van der Waals surface area (Å²) in [5, 5.41) is -0.172. The number of sulfonamides is 1. The SMILES string of the molecule is COc1ccc(Cl)c(S(=O)(=O)NC(=O)c2cn(-c3cc(F)cc(C(F)(F)F)c3)c(C(C)C)n2)c1. The molecule has 3 aromatic rings. The molecule has 0 saturated heterocycles. The molecule has 3 rings (SSSR count). The Morgan fingerprint density at radius 2 is 1.85 bits per heavy atom. The zero-order valence-electron chi connectivity index (χ0n) is 17.9. The van der Waals surface area contributed by atoms with Gasteiger partial charge in [0.2, 0.25) is 0 Å². The van der Waals surface area contributed by atoms with Crippen LogP contribution in [0.4, 0.5) is 17.6 Å². The molecule has 1 amide bonds. The molecule has 0 aliphatic carbocycles. The van der Waals surface area contributed by atoms with Crippen LogP contribution in [-0.4, -0.2) is 31.0 Å². The molecular formula is C21H18ClF4N3O4S. The number of hydrogen-bond acceptors (Lipinski definition) is 5. The average molecular weight is 520 g/mol. The largest absolute Gasteiger partial charge is 0.497 e.